The number of carbonyl (C=O) groups excluding carboxylic acids is 1. The molecule has 0 spiro atoms. The van der Waals surface area contributed by atoms with Gasteiger partial charge >= 0.3 is 0 Å². The fraction of sp³-hybridized carbons (Fsp3) is 0.500. The Kier molecular flexibility index (Phi) is 5.20. The van der Waals surface area contributed by atoms with E-state index in [1.165, 1.54) is 0 Å². The molecule has 0 radical (unpaired) electrons. The monoisotopic (exact) mass is 166 g/mol. The molecule has 0 bridgehead atoms. The van der Waals surface area contributed by atoms with Crippen molar-refractivity contribution in [2.45, 2.75) is 12.8 Å². The van der Waals surface area contributed by atoms with Crippen LogP contribution in [-0.4, -0.2) is 17.3 Å². The van der Waals surface area contributed by atoms with Gasteiger partial charge in [0.1, 0.15) is 0 Å². The average Bonchev–Trinajstić information content (AvgIpc) is 1.87. The second-order valence-electron chi connectivity index (χ2n) is 1.55. The molecule has 0 amide bonds. The Bertz CT molecular complexity index is 125. The van der Waals surface area contributed by atoms with E-state index < -0.39 is 6.43 Å². The number of hydrogen-bond donors (Lipinski definition) is 0. The molecule has 0 aliphatic carbocycles. The van der Waals surface area contributed by atoms with Crippen molar-refractivity contribution in [1.29, 1.82) is 0 Å². The van der Waals surface area contributed by atoms with Crippen LogP contribution < -0.4 is 0 Å². The van der Waals surface area contributed by atoms with Gasteiger partial charge < -0.3 is 0 Å². The van der Waals surface area contributed by atoms with E-state index in [-0.39, 0.29) is 17.3 Å². The van der Waals surface area contributed by atoms with Crippen molar-refractivity contribution >= 4 is 16.9 Å². The van der Waals surface area contributed by atoms with E-state index in [1.807, 2.05) is 0 Å². The van der Waals surface area contributed by atoms with Crippen LogP contribution in [0.15, 0.2) is 12.7 Å². The molecule has 0 aliphatic rings. The molecule has 0 N–H and O–H groups in total. The quantitative estimate of drug-likeness (QED) is 0.595. The van der Waals surface area contributed by atoms with Gasteiger partial charge in [0.05, 0.1) is 0 Å². The third-order valence-corrected chi connectivity index (χ3v) is 1.64. The smallest absolute Gasteiger partial charge is 0.239 e. The summed E-state index contributed by atoms with van der Waals surface area (Å²) in [6.45, 7) is 3.20. The molecule has 1 nitrogen and oxygen atoms in total. The Morgan fingerprint density at radius 1 is 1.70 bits per heavy atom. The molecule has 0 aromatic rings. The summed E-state index contributed by atoms with van der Waals surface area (Å²) in [6, 6.07) is 0. The van der Waals surface area contributed by atoms with Crippen LogP contribution in [-0.2, 0) is 4.79 Å². The minimum absolute atomic E-state index is 0.169. The van der Waals surface area contributed by atoms with Gasteiger partial charge in [0, 0.05) is 12.2 Å². The standard InChI is InChI=1S/C6H8F2OS/c1-2-6(9)10-4-3-5(7)8/h2,5H,1,3-4H2. The number of halogens is 2. The number of thioether (sulfide) groups is 1. The molecule has 0 atom stereocenters. The molecule has 0 saturated carbocycles. The van der Waals surface area contributed by atoms with Gasteiger partial charge in [-0.15, -0.1) is 0 Å². The van der Waals surface area contributed by atoms with Crippen LogP contribution in [0.1, 0.15) is 6.42 Å². The highest BCUT2D eigenvalue weighted by atomic mass is 32.2. The third kappa shape index (κ3) is 5.75. The molecule has 58 valence electrons. The molecular formula is C6H8F2OS. The van der Waals surface area contributed by atoms with Gasteiger partial charge in [-0.1, -0.05) is 18.3 Å². The molecule has 0 aromatic heterocycles. The van der Waals surface area contributed by atoms with Gasteiger partial charge in [-0.05, 0) is 6.08 Å². The van der Waals surface area contributed by atoms with Gasteiger partial charge in [-0.2, -0.15) is 0 Å². The minimum atomic E-state index is -2.31. The summed E-state index contributed by atoms with van der Waals surface area (Å²) in [5.74, 6) is 0.169. The molecule has 0 fully saturated rings. The molecular weight excluding hydrogens is 158 g/mol. The van der Waals surface area contributed by atoms with Crippen molar-refractivity contribution in [3.8, 4) is 0 Å². The van der Waals surface area contributed by atoms with Crippen LogP contribution in [0, 0.1) is 0 Å². The summed E-state index contributed by atoms with van der Waals surface area (Å²) in [6.07, 6.45) is -1.43. The maximum Gasteiger partial charge on any atom is 0.239 e. The van der Waals surface area contributed by atoms with Crippen LogP contribution in [0.2, 0.25) is 0 Å². The predicted molar refractivity (Wildman–Crippen MR) is 38.3 cm³/mol. The van der Waals surface area contributed by atoms with Gasteiger partial charge in [0.25, 0.3) is 0 Å². The third-order valence-electron chi connectivity index (χ3n) is 0.747. The lowest BCUT2D eigenvalue weighted by Gasteiger charge is -1.94. The van der Waals surface area contributed by atoms with Crippen molar-refractivity contribution in [2.24, 2.45) is 0 Å². The topological polar surface area (TPSA) is 17.1 Å². The maximum absolute atomic E-state index is 11.4. The first-order chi connectivity index (χ1) is 4.66. The lowest BCUT2D eigenvalue weighted by atomic mass is 10.5. The second-order valence-corrected chi connectivity index (χ2v) is 2.65. The van der Waals surface area contributed by atoms with Crippen molar-refractivity contribution in [3.63, 3.8) is 0 Å². The van der Waals surface area contributed by atoms with Gasteiger partial charge in [0.2, 0.25) is 11.5 Å². The highest BCUT2D eigenvalue weighted by molar-refractivity contribution is 8.14. The van der Waals surface area contributed by atoms with Crippen molar-refractivity contribution < 1.29 is 13.6 Å². The van der Waals surface area contributed by atoms with Crippen LogP contribution in [0.4, 0.5) is 8.78 Å². The average molecular weight is 166 g/mol. The summed E-state index contributed by atoms with van der Waals surface area (Å²) < 4.78 is 22.9. The van der Waals surface area contributed by atoms with E-state index in [4.69, 9.17) is 0 Å². The normalized spacial score (nSPS) is 9.90. The van der Waals surface area contributed by atoms with E-state index in [0.717, 1.165) is 17.8 Å². The van der Waals surface area contributed by atoms with E-state index in [0.29, 0.717) is 0 Å². The minimum Gasteiger partial charge on any atom is -0.282 e. The molecule has 0 unspecified atom stereocenters. The summed E-state index contributed by atoms with van der Waals surface area (Å²) >= 11 is 0.868. The summed E-state index contributed by atoms with van der Waals surface area (Å²) in [7, 11) is 0. The summed E-state index contributed by atoms with van der Waals surface area (Å²) in [4.78, 5) is 10.4. The zero-order valence-electron chi connectivity index (χ0n) is 5.35. The van der Waals surface area contributed by atoms with Crippen molar-refractivity contribution in [3.05, 3.63) is 12.7 Å². The Labute approximate surface area is 62.5 Å². The van der Waals surface area contributed by atoms with Crippen LogP contribution >= 0.6 is 11.8 Å². The Balaban J connectivity index is 3.19. The van der Waals surface area contributed by atoms with E-state index in [2.05, 4.69) is 6.58 Å². The molecule has 0 heterocycles. The summed E-state index contributed by atoms with van der Waals surface area (Å²) in [5.41, 5.74) is 0. The molecule has 0 aliphatic heterocycles. The van der Waals surface area contributed by atoms with E-state index >= 15 is 0 Å². The lowest BCUT2D eigenvalue weighted by Crippen LogP contribution is -1.94. The largest absolute Gasteiger partial charge is 0.282 e. The maximum atomic E-state index is 11.4. The van der Waals surface area contributed by atoms with Crippen LogP contribution in [0.5, 0.6) is 0 Å². The molecule has 10 heavy (non-hydrogen) atoms. The first-order valence-corrected chi connectivity index (χ1v) is 3.72. The zero-order chi connectivity index (χ0) is 7.98. The fourth-order valence-corrected chi connectivity index (χ4v) is 0.923. The Hall–Kier alpha value is -0.380. The van der Waals surface area contributed by atoms with Gasteiger partial charge in [-0.3, -0.25) is 4.79 Å². The van der Waals surface area contributed by atoms with E-state index in [9.17, 15) is 13.6 Å². The van der Waals surface area contributed by atoms with Crippen molar-refractivity contribution in [1.82, 2.24) is 0 Å². The van der Waals surface area contributed by atoms with Crippen LogP contribution in [0.3, 0.4) is 0 Å². The first kappa shape index (κ1) is 9.62. The predicted octanol–water partition coefficient (Wildman–Crippen LogP) is 2.09. The van der Waals surface area contributed by atoms with Gasteiger partial charge in [-0.25, -0.2) is 8.78 Å². The zero-order valence-corrected chi connectivity index (χ0v) is 6.16. The SMILES string of the molecule is C=CC(=O)SCCC(F)F. The fourth-order valence-electron chi connectivity index (χ4n) is 0.308. The lowest BCUT2D eigenvalue weighted by molar-refractivity contribution is -0.107. The molecule has 0 rings (SSSR count). The van der Waals surface area contributed by atoms with Crippen LogP contribution in [0.25, 0.3) is 0 Å². The molecule has 4 heteroatoms. The number of carbonyl (C=O) groups is 1. The van der Waals surface area contributed by atoms with Crippen molar-refractivity contribution in [2.75, 3.05) is 5.75 Å². The first-order valence-electron chi connectivity index (χ1n) is 2.74. The molecule has 0 saturated heterocycles. The summed E-state index contributed by atoms with van der Waals surface area (Å²) in [5, 5.41) is -0.249. The highest BCUT2D eigenvalue weighted by Gasteiger charge is 2.03. The number of rotatable bonds is 4. The number of hydrogen-bond acceptors (Lipinski definition) is 2. The highest BCUT2D eigenvalue weighted by Crippen LogP contribution is 2.08. The Morgan fingerprint density at radius 3 is 2.70 bits per heavy atom. The second kappa shape index (κ2) is 5.41. The molecule has 0 aromatic carbocycles. The van der Waals surface area contributed by atoms with Gasteiger partial charge in [0.15, 0.2) is 0 Å². The van der Waals surface area contributed by atoms with E-state index in [1.54, 1.807) is 0 Å². The Morgan fingerprint density at radius 2 is 2.30 bits per heavy atom. The number of alkyl halides is 2.